The molecule has 1 aromatic carbocycles. The van der Waals surface area contributed by atoms with Crippen molar-refractivity contribution in [2.24, 2.45) is 0 Å². The molecule has 7 heteroatoms. The van der Waals surface area contributed by atoms with Crippen molar-refractivity contribution in [2.45, 2.75) is 19.4 Å². The summed E-state index contributed by atoms with van der Waals surface area (Å²) in [5.41, 5.74) is 5.53. The van der Waals surface area contributed by atoms with Crippen molar-refractivity contribution in [3.8, 4) is 0 Å². The Morgan fingerprint density at radius 2 is 2.15 bits per heavy atom. The van der Waals surface area contributed by atoms with E-state index in [0.717, 1.165) is 13.0 Å². The molecule has 7 nitrogen and oxygen atoms in total. The van der Waals surface area contributed by atoms with E-state index in [0.29, 0.717) is 0 Å². The van der Waals surface area contributed by atoms with E-state index in [1.54, 1.807) is 0 Å². The fourth-order valence-electron chi connectivity index (χ4n) is 1.67. The number of nitrogens with one attached hydrogen (secondary N) is 1. The third-order valence-electron chi connectivity index (χ3n) is 2.88. The highest BCUT2D eigenvalue weighted by Crippen LogP contribution is 2.22. The van der Waals surface area contributed by atoms with Crippen LogP contribution in [0.3, 0.4) is 0 Å². The molecule has 0 aliphatic carbocycles. The molecule has 0 aliphatic rings. The normalized spacial score (nSPS) is 12.2. The fraction of sp³-hybridized carbons (Fsp3) is 0.462. The summed E-state index contributed by atoms with van der Waals surface area (Å²) in [5, 5.41) is 13.6. The van der Waals surface area contributed by atoms with E-state index in [1.165, 1.54) is 18.2 Å². The van der Waals surface area contributed by atoms with E-state index in [-0.39, 0.29) is 28.9 Å². The molecule has 1 amide bonds. The highest BCUT2D eigenvalue weighted by molar-refractivity contribution is 5.95. The first-order chi connectivity index (χ1) is 9.31. The van der Waals surface area contributed by atoms with Gasteiger partial charge < -0.3 is 16.0 Å². The Morgan fingerprint density at radius 1 is 1.50 bits per heavy atom. The first kappa shape index (κ1) is 15.9. The van der Waals surface area contributed by atoms with Gasteiger partial charge in [-0.25, -0.2) is 0 Å². The van der Waals surface area contributed by atoms with Crippen LogP contribution in [0.4, 0.5) is 11.4 Å². The van der Waals surface area contributed by atoms with E-state index < -0.39 is 4.92 Å². The number of rotatable bonds is 6. The minimum Gasteiger partial charge on any atom is -0.393 e. The summed E-state index contributed by atoms with van der Waals surface area (Å²) in [4.78, 5) is 24.2. The van der Waals surface area contributed by atoms with Crippen molar-refractivity contribution in [1.29, 1.82) is 0 Å². The number of carbonyl (C=O) groups is 1. The maximum Gasteiger partial charge on any atom is 0.292 e. The second-order valence-corrected chi connectivity index (χ2v) is 5.00. The molecule has 0 bridgehead atoms. The van der Waals surface area contributed by atoms with Gasteiger partial charge in [0.1, 0.15) is 5.69 Å². The molecular weight excluding hydrogens is 260 g/mol. The maximum atomic E-state index is 12.0. The lowest BCUT2D eigenvalue weighted by atomic mass is 10.1. The number of benzene rings is 1. The average molecular weight is 280 g/mol. The van der Waals surface area contributed by atoms with Gasteiger partial charge in [0.15, 0.2) is 0 Å². The van der Waals surface area contributed by atoms with Crippen LogP contribution in [0.15, 0.2) is 18.2 Å². The van der Waals surface area contributed by atoms with Crippen LogP contribution in [0.5, 0.6) is 0 Å². The third kappa shape index (κ3) is 4.51. The molecule has 3 N–H and O–H groups in total. The van der Waals surface area contributed by atoms with Crippen LogP contribution in [-0.4, -0.2) is 42.4 Å². The van der Waals surface area contributed by atoms with Crippen molar-refractivity contribution in [2.75, 3.05) is 26.4 Å². The predicted octanol–water partition coefficient (Wildman–Crippen LogP) is 1.25. The Hall–Kier alpha value is -2.15. The average Bonchev–Trinajstić information content (AvgIpc) is 2.36. The standard InChI is InChI=1S/C13H20N4O3/c1-9(6-7-16(2)3)15-13(18)10-4-5-11(14)12(8-10)17(19)20/h4-5,8-9H,6-7,14H2,1-3H3,(H,15,18). The number of hydrogen-bond donors (Lipinski definition) is 2. The summed E-state index contributed by atoms with van der Waals surface area (Å²) < 4.78 is 0. The lowest BCUT2D eigenvalue weighted by Crippen LogP contribution is -2.34. The minimum atomic E-state index is -0.596. The van der Waals surface area contributed by atoms with E-state index in [1.807, 2.05) is 25.9 Å². The van der Waals surface area contributed by atoms with Crippen LogP contribution in [0, 0.1) is 10.1 Å². The molecule has 0 aliphatic heterocycles. The second kappa shape index (κ2) is 6.85. The number of nitro benzene ring substituents is 1. The van der Waals surface area contributed by atoms with Crippen molar-refractivity contribution < 1.29 is 9.72 Å². The highest BCUT2D eigenvalue weighted by Gasteiger charge is 2.16. The van der Waals surface area contributed by atoms with E-state index in [2.05, 4.69) is 5.32 Å². The molecule has 0 aromatic heterocycles. The predicted molar refractivity (Wildman–Crippen MR) is 77.6 cm³/mol. The van der Waals surface area contributed by atoms with Crippen molar-refractivity contribution >= 4 is 17.3 Å². The quantitative estimate of drug-likeness (QED) is 0.464. The molecular formula is C13H20N4O3. The van der Waals surface area contributed by atoms with Gasteiger partial charge in [0, 0.05) is 17.7 Å². The van der Waals surface area contributed by atoms with Crippen LogP contribution in [0.1, 0.15) is 23.7 Å². The summed E-state index contributed by atoms with van der Waals surface area (Å²) in [6.07, 6.45) is 0.801. The maximum absolute atomic E-state index is 12.0. The highest BCUT2D eigenvalue weighted by atomic mass is 16.6. The number of carbonyl (C=O) groups excluding carboxylic acids is 1. The fourth-order valence-corrected chi connectivity index (χ4v) is 1.67. The van der Waals surface area contributed by atoms with Gasteiger partial charge >= 0.3 is 0 Å². The van der Waals surface area contributed by atoms with Gasteiger partial charge in [-0.05, 0) is 46.1 Å². The van der Waals surface area contributed by atoms with Gasteiger partial charge in [-0.15, -0.1) is 0 Å². The molecule has 20 heavy (non-hydrogen) atoms. The van der Waals surface area contributed by atoms with Crippen LogP contribution in [0.25, 0.3) is 0 Å². The van der Waals surface area contributed by atoms with Gasteiger partial charge in [-0.2, -0.15) is 0 Å². The SMILES string of the molecule is CC(CCN(C)C)NC(=O)c1ccc(N)c([N+](=O)[O-])c1. The molecule has 0 heterocycles. The third-order valence-corrected chi connectivity index (χ3v) is 2.88. The molecule has 0 saturated carbocycles. The largest absolute Gasteiger partial charge is 0.393 e. The zero-order valence-corrected chi connectivity index (χ0v) is 11.9. The smallest absolute Gasteiger partial charge is 0.292 e. The Kier molecular flexibility index (Phi) is 5.45. The van der Waals surface area contributed by atoms with Crippen molar-refractivity contribution in [1.82, 2.24) is 10.2 Å². The Morgan fingerprint density at radius 3 is 2.70 bits per heavy atom. The van der Waals surface area contributed by atoms with Gasteiger partial charge in [-0.1, -0.05) is 0 Å². The van der Waals surface area contributed by atoms with Crippen LogP contribution >= 0.6 is 0 Å². The molecule has 0 fully saturated rings. The number of hydrogen-bond acceptors (Lipinski definition) is 5. The number of nitrogen functional groups attached to an aromatic ring is 1. The zero-order chi connectivity index (χ0) is 15.3. The molecule has 1 rings (SSSR count). The lowest BCUT2D eigenvalue weighted by molar-refractivity contribution is -0.383. The second-order valence-electron chi connectivity index (χ2n) is 5.00. The van der Waals surface area contributed by atoms with Gasteiger partial charge in [0.2, 0.25) is 0 Å². The number of amides is 1. The molecule has 1 atom stereocenters. The first-order valence-electron chi connectivity index (χ1n) is 6.30. The number of nitrogens with zero attached hydrogens (tertiary/aromatic N) is 2. The molecule has 110 valence electrons. The van der Waals surface area contributed by atoms with Crippen molar-refractivity contribution in [3.05, 3.63) is 33.9 Å². The summed E-state index contributed by atoms with van der Waals surface area (Å²) >= 11 is 0. The summed E-state index contributed by atoms with van der Waals surface area (Å²) in [6.45, 7) is 2.75. The van der Waals surface area contributed by atoms with E-state index in [4.69, 9.17) is 5.73 Å². The van der Waals surface area contributed by atoms with Gasteiger partial charge in [0.05, 0.1) is 4.92 Å². The Labute approximate surface area is 117 Å². The van der Waals surface area contributed by atoms with Crippen molar-refractivity contribution in [3.63, 3.8) is 0 Å². The van der Waals surface area contributed by atoms with E-state index >= 15 is 0 Å². The Bertz CT molecular complexity index is 502. The molecule has 1 unspecified atom stereocenters. The molecule has 0 spiro atoms. The molecule has 0 saturated heterocycles. The number of nitro groups is 1. The summed E-state index contributed by atoms with van der Waals surface area (Å²) in [7, 11) is 3.91. The number of nitrogens with two attached hydrogens (primary N) is 1. The monoisotopic (exact) mass is 280 g/mol. The van der Waals surface area contributed by atoms with Crippen LogP contribution in [0.2, 0.25) is 0 Å². The topological polar surface area (TPSA) is 102 Å². The van der Waals surface area contributed by atoms with Crippen LogP contribution < -0.4 is 11.1 Å². The Balaban J connectivity index is 2.73. The number of anilines is 1. The van der Waals surface area contributed by atoms with Gasteiger partial charge in [-0.3, -0.25) is 14.9 Å². The van der Waals surface area contributed by atoms with Crippen LogP contribution in [-0.2, 0) is 0 Å². The zero-order valence-electron chi connectivity index (χ0n) is 11.9. The summed E-state index contributed by atoms with van der Waals surface area (Å²) in [5.74, 6) is -0.334. The van der Waals surface area contributed by atoms with Gasteiger partial charge in [0.25, 0.3) is 11.6 Å². The summed E-state index contributed by atoms with van der Waals surface area (Å²) in [6, 6.07) is 4.04. The minimum absolute atomic E-state index is 0.0125. The first-order valence-corrected chi connectivity index (χ1v) is 6.30. The molecule has 0 radical (unpaired) electrons. The van der Waals surface area contributed by atoms with E-state index in [9.17, 15) is 14.9 Å². The molecule has 1 aromatic rings. The lowest BCUT2D eigenvalue weighted by Gasteiger charge is -2.16.